The Bertz CT molecular complexity index is 626. The molecule has 3 rings (SSSR count). The zero-order valence-corrected chi connectivity index (χ0v) is 12.5. The Kier molecular flexibility index (Phi) is 3.68. The largest absolute Gasteiger partial charge is 0.273 e. The molecule has 0 unspecified atom stereocenters. The average molecular weight is 301 g/mol. The van der Waals surface area contributed by atoms with E-state index in [0.29, 0.717) is 11.5 Å². The summed E-state index contributed by atoms with van der Waals surface area (Å²) in [5.74, 6) is 0.590. The molecule has 1 N–H and O–H groups in total. The number of fused-ring (bicyclic) bond motifs is 1. The van der Waals surface area contributed by atoms with E-state index in [2.05, 4.69) is 17.5 Å². The van der Waals surface area contributed by atoms with Gasteiger partial charge in [0.1, 0.15) is 0 Å². The van der Waals surface area contributed by atoms with Crippen LogP contribution < -0.4 is 5.43 Å². The number of hydrazone groups is 1. The summed E-state index contributed by atoms with van der Waals surface area (Å²) >= 11 is 0. The molecule has 0 spiro atoms. The summed E-state index contributed by atoms with van der Waals surface area (Å²) in [5.41, 5.74) is 3.53. The lowest BCUT2D eigenvalue weighted by molar-refractivity contribution is -0.384. The van der Waals surface area contributed by atoms with E-state index < -0.39 is 4.92 Å². The van der Waals surface area contributed by atoms with Gasteiger partial charge in [-0.25, -0.2) is 5.43 Å². The number of hydrogen-bond acceptors (Lipinski definition) is 4. The number of nitro benzene ring substituents is 1. The van der Waals surface area contributed by atoms with Gasteiger partial charge in [0.2, 0.25) is 5.91 Å². The predicted octanol–water partition coefficient (Wildman–Crippen LogP) is 2.87. The number of rotatable bonds is 4. The quantitative estimate of drug-likeness (QED) is 0.527. The molecule has 6 heteroatoms. The second-order valence-corrected chi connectivity index (χ2v) is 6.42. The first-order chi connectivity index (χ1) is 10.5. The zero-order chi connectivity index (χ0) is 15.7. The van der Waals surface area contributed by atoms with Crippen LogP contribution in [0.15, 0.2) is 29.4 Å². The number of non-ortho nitro benzene ring substituents is 1. The van der Waals surface area contributed by atoms with Crippen LogP contribution in [0.5, 0.6) is 0 Å². The normalized spacial score (nSPS) is 29.9. The summed E-state index contributed by atoms with van der Waals surface area (Å²) < 4.78 is 0. The fourth-order valence-electron chi connectivity index (χ4n) is 3.77. The molecular formula is C16H19N3O3. The van der Waals surface area contributed by atoms with Gasteiger partial charge in [-0.15, -0.1) is 0 Å². The minimum atomic E-state index is -0.446. The number of hydrogen-bond donors (Lipinski definition) is 1. The third kappa shape index (κ3) is 2.61. The van der Waals surface area contributed by atoms with E-state index in [9.17, 15) is 14.9 Å². The van der Waals surface area contributed by atoms with Crippen molar-refractivity contribution in [3.63, 3.8) is 0 Å². The van der Waals surface area contributed by atoms with Gasteiger partial charge in [0.25, 0.3) is 5.69 Å². The maximum atomic E-state index is 12.2. The van der Waals surface area contributed by atoms with E-state index in [0.717, 1.165) is 12.8 Å². The standard InChI is InChI=1S/C16H19N3O3/c1-16-9-3-2-4-13(16)14(16)15(20)18-17-10-11-5-7-12(8-6-11)19(21)22/h5-8,10,13-14H,2-4,9H2,1H3,(H,18,20)/t13-,14-,16-/m1/s1. The van der Waals surface area contributed by atoms with Crippen LogP contribution in [0.3, 0.4) is 0 Å². The molecule has 0 aromatic heterocycles. The van der Waals surface area contributed by atoms with E-state index in [-0.39, 0.29) is 22.9 Å². The molecule has 6 nitrogen and oxygen atoms in total. The molecule has 2 aliphatic carbocycles. The molecule has 2 aliphatic rings. The number of nitro groups is 1. The van der Waals surface area contributed by atoms with Gasteiger partial charge >= 0.3 is 0 Å². The fraction of sp³-hybridized carbons (Fsp3) is 0.500. The molecule has 22 heavy (non-hydrogen) atoms. The molecule has 1 aromatic rings. The van der Waals surface area contributed by atoms with Crippen LogP contribution in [0.4, 0.5) is 5.69 Å². The first-order valence-corrected chi connectivity index (χ1v) is 7.60. The van der Waals surface area contributed by atoms with Crippen molar-refractivity contribution in [2.75, 3.05) is 0 Å². The summed E-state index contributed by atoms with van der Waals surface area (Å²) in [6, 6.07) is 6.04. The maximum absolute atomic E-state index is 12.2. The Morgan fingerprint density at radius 2 is 2.14 bits per heavy atom. The molecule has 116 valence electrons. The van der Waals surface area contributed by atoms with Crippen molar-refractivity contribution in [1.82, 2.24) is 5.43 Å². The highest BCUT2D eigenvalue weighted by atomic mass is 16.6. The van der Waals surface area contributed by atoms with Gasteiger partial charge in [-0.05, 0) is 41.9 Å². The van der Waals surface area contributed by atoms with Crippen molar-refractivity contribution in [1.29, 1.82) is 0 Å². The minimum Gasteiger partial charge on any atom is -0.273 e. The van der Waals surface area contributed by atoms with Crippen molar-refractivity contribution in [3.8, 4) is 0 Å². The molecule has 2 saturated carbocycles. The topological polar surface area (TPSA) is 84.6 Å². The molecule has 0 aliphatic heterocycles. The van der Waals surface area contributed by atoms with Crippen LogP contribution in [0.25, 0.3) is 0 Å². The number of carbonyl (C=O) groups is 1. The van der Waals surface area contributed by atoms with E-state index in [1.807, 2.05) is 0 Å². The smallest absolute Gasteiger partial charge is 0.269 e. The Hall–Kier alpha value is -2.24. The molecule has 2 fully saturated rings. The second-order valence-electron chi connectivity index (χ2n) is 6.42. The third-order valence-electron chi connectivity index (χ3n) is 5.11. The van der Waals surface area contributed by atoms with Crippen LogP contribution in [0.2, 0.25) is 0 Å². The van der Waals surface area contributed by atoms with Gasteiger partial charge in [-0.3, -0.25) is 14.9 Å². The minimum absolute atomic E-state index is 0.00689. The van der Waals surface area contributed by atoms with Crippen LogP contribution >= 0.6 is 0 Å². The summed E-state index contributed by atoms with van der Waals surface area (Å²) in [6.07, 6.45) is 6.21. The summed E-state index contributed by atoms with van der Waals surface area (Å²) in [4.78, 5) is 22.3. The van der Waals surface area contributed by atoms with Gasteiger partial charge in [0, 0.05) is 18.1 Å². The predicted molar refractivity (Wildman–Crippen MR) is 82.4 cm³/mol. The number of carbonyl (C=O) groups excluding carboxylic acids is 1. The van der Waals surface area contributed by atoms with Gasteiger partial charge in [-0.1, -0.05) is 19.8 Å². The average Bonchev–Trinajstić information content (AvgIpc) is 3.13. The number of nitrogens with one attached hydrogen (secondary N) is 1. The van der Waals surface area contributed by atoms with Crippen LogP contribution in [0.1, 0.15) is 38.2 Å². The number of benzene rings is 1. The lowest BCUT2D eigenvalue weighted by Gasteiger charge is -2.15. The number of nitrogens with zero attached hydrogens (tertiary/aromatic N) is 2. The Morgan fingerprint density at radius 1 is 1.41 bits per heavy atom. The molecule has 0 bridgehead atoms. The summed E-state index contributed by atoms with van der Waals surface area (Å²) in [7, 11) is 0. The van der Waals surface area contributed by atoms with E-state index in [4.69, 9.17) is 0 Å². The maximum Gasteiger partial charge on any atom is 0.269 e. The highest BCUT2D eigenvalue weighted by molar-refractivity contribution is 5.86. The molecule has 1 amide bonds. The molecule has 0 heterocycles. The molecular weight excluding hydrogens is 282 g/mol. The Labute approximate surface area is 128 Å². The van der Waals surface area contributed by atoms with Crippen molar-refractivity contribution in [2.45, 2.75) is 32.6 Å². The van der Waals surface area contributed by atoms with E-state index >= 15 is 0 Å². The molecule has 0 radical (unpaired) electrons. The highest BCUT2D eigenvalue weighted by Crippen LogP contribution is 2.66. The van der Waals surface area contributed by atoms with Crippen LogP contribution in [-0.4, -0.2) is 17.0 Å². The van der Waals surface area contributed by atoms with Crippen LogP contribution in [0, 0.1) is 27.4 Å². The Morgan fingerprint density at radius 3 is 2.73 bits per heavy atom. The summed E-state index contributed by atoms with van der Waals surface area (Å²) in [6.45, 7) is 2.20. The van der Waals surface area contributed by atoms with E-state index in [1.165, 1.54) is 31.2 Å². The van der Waals surface area contributed by atoms with Gasteiger partial charge in [0.15, 0.2) is 0 Å². The van der Waals surface area contributed by atoms with Crippen molar-refractivity contribution < 1.29 is 9.72 Å². The second kappa shape index (κ2) is 5.51. The van der Waals surface area contributed by atoms with Gasteiger partial charge in [0.05, 0.1) is 11.1 Å². The third-order valence-corrected chi connectivity index (χ3v) is 5.11. The summed E-state index contributed by atoms with van der Waals surface area (Å²) in [5, 5.41) is 14.5. The fourth-order valence-corrected chi connectivity index (χ4v) is 3.77. The molecule has 3 atom stereocenters. The first-order valence-electron chi connectivity index (χ1n) is 7.60. The van der Waals surface area contributed by atoms with Gasteiger partial charge < -0.3 is 0 Å². The lowest BCUT2D eigenvalue weighted by atomic mass is 9.90. The zero-order valence-electron chi connectivity index (χ0n) is 12.5. The highest BCUT2D eigenvalue weighted by Gasteiger charge is 2.64. The number of amides is 1. The lowest BCUT2D eigenvalue weighted by Crippen LogP contribution is -2.22. The molecule has 0 saturated heterocycles. The monoisotopic (exact) mass is 301 g/mol. The van der Waals surface area contributed by atoms with E-state index in [1.54, 1.807) is 12.1 Å². The van der Waals surface area contributed by atoms with Crippen LogP contribution in [-0.2, 0) is 4.79 Å². The van der Waals surface area contributed by atoms with Crippen molar-refractivity contribution in [2.24, 2.45) is 22.4 Å². The van der Waals surface area contributed by atoms with Crippen molar-refractivity contribution in [3.05, 3.63) is 39.9 Å². The Balaban J connectivity index is 1.56. The SMILES string of the molecule is C[C@@]12CCCC[C@@H]1[C@@H]2C(=O)NN=Cc1ccc([N+](=O)[O-])cc1. The van der Waals surface area contributed by atoms with Gasteiger partial charge in [-0.2, -0.15) is 5.10 Å². The molecule has 1 aromatic carbocycles. The first kappa shape index (κ1) is 14.7. The van der Waals surface area contributed by atoms with Crippen molar-refractivity contribution >= 4 is 17.8 Å².